The summed E-state index contributed by atoms with van der Waals surface area (Å²) in [6, 6.07) is 8.33. The van der Waals surface area contributed by atoms with E-state index < -0.39 is 0 Å². The summed E-state index contributed by atoms with van der Waals surface area (Å²) in [6.45, 7) is 10.2. The lowest BCUT2D eigenvalue weighted by Crippen LogP contribution is -2.36. The third-order valence-electron chi connectivity index (χ3n) is 2.72. The molecule has 0 saturated heterocycles. The molecule has 1 aliphatic rings. The van der Waals surface area contributed by atoms with E-state index in [1.807, 2.05) is 23.6 Å². The normalized spacial score (nSPS) is 15.9. The van der Waals surface area contributed by atoms with Crippen molar-refractivity contribution in [2.75, 3.05) is 5.12 Å². The van der Waals surface area contributed by atoms with Crippen molar-refractivity contribution in [2.24, 2.45) is 0 Å². The summed E-state index contributed by atoms with van der Waals surface area (Å²) in [4.78, 5) is 0. The first-order valence-corrected chi connectivity index (χ1v) is 5.01. The Bertz CT molecular complexity index is 429. The molecule has 78 valence electrons. The summed E-state index contributed by atoms with van der Waals surface area (Å²) in [6.07, 6.45) is 0. The number of nitrogens with zero attached hydrogens (tertiary/aromatic N) is 2. The van der Waals surface area contributed by atoms with E-state index in [-0.39, 0.29) is 0 Å². The van der Waals surface area contributed by atoms with Gasteiger partial charge in [-0.15, -0.1) is 0 Å². The van der Waals surface area contributed by atoms with E-state index in [1.165, 1.54) is 5.56 Å². The minimum Gasteiger partial charge on any atom is -0.243 e. The second kappa shape index (κ2) is 3.42. The zero-order valence-electron chi connectivity index (χ0n) is 9.41. The molecule has 3 nitrogen and oxygen atoms in total. The zero-order valence-corrected chi connectivity index (χ0v) is 9.41. The fraction of sp³-hybridized carbons (Fsp3) is 0.250. The Hall–Kier alpha value is -1.77. The van der Waals surface area contributed by atoms with E-state index in [2.05, 4.69) is 43.3 Å². The maximum absolute atomic E-state index is 3.99. The van der Waals surface area contributed by atoms with Crippen molar-refractivity contribution < 1.29 is 4.68 Å². The molecule has 1 aromatic rings. The molecule has 2 rings (SSSR count). The van der Waals surface area contributed by atoms with Gasteiger partial charge in [-0.25, -0.2) is 5.43 Å². The van der Waals surface area contributed by atoms with Crippen molar-refractivity contribution in [1.29, 1.82) is 0 Å². The average molecular weight is 202 g/mol. The number of nitrogens with one attached hydrogen (secondary N) is 1. The van der Waals surface area contributed by atoms with Crippen molar-refractivity contribution >= 4 is 12.4 Å². The molecular formula is C12H16N3+. The van der Waals surface area contributed by atoms with Crippen LogP contribution in [-0.2, 0) is 0 Å². The Morgan fingerprint density at radius 1 is 1.13 bits per heavy atom. The van der Waals surface area contributed by atoms with Gasteiger partial charge in [-0.05, 0) is 26.0 Å². The SMILES string of the molecule is C=[N+]1C(C)=C(C)NN1c1ccc(C)cc1. The van der Waals surface area contributed by atoms with Crippen LogP contribution in [0.3, 0.4) is 0 Å². The van der Waals surface area contributed by atoms with Crippen LogP contribution < -0.4 is 10.5 Å². The van der Waals surface area contributed by atoms with E-state index in [0.29, 0.717) is 0 Å². The fourth-order valence-corrected chi connectivity index (χ4v) is 1.53. The van der Waals surface area contributed by atoms with E-state index in [0.717, 1.165) is 17.1 Å². The van der Waals surface area contributed by atoms with Gasteiger partial charge in [0, 0.05) is 6.92 Å². The predicted octanol–water partition coefficient (Wildman–Crippen LogP) is 2.20. The van der Waals surface area contributed by atoms with Gasteiger partial charge < -0.3 is 0 Å². The zero-order chi connectivity index (χ0) is 11.0. The number of hydrogen-bond acceptors (Lipinski definition) is 2. The van der Waals surface area contributed by atoms with Gasteiger partial charge in [0.05, 0.1) is 0 Å². The van der Waals surface area contributed by atoms with Crippen molar-refractivity contribution in [3.8, 4) is 0 Å². The van der Waals surface area contributed by atoms with Crippen LogP contribution in [0.2, 0.25) is 0 Å². The Kier molecular flexibility index (Phi) is 2.23. The van der Waals surface area contributed by atoms with Gasteiger partial charge in [-0.1, -0.05) is 27.5 Å². The highest BCUT2D eigenvalue weighted by molar-refractivity contribution is 5.46. The highest BCUT2D eigenvalue weighted by atomic mass is 15.8. The number of hydrogen-bond donors (Lipinski definition) is 1. The molecule has 0 saturated carbocycles. The Morgan fingerprint density at radius 2 is 1.73 bits per heavy atom. The molecule has 15 heavy (non-hydrogen) atoms. The number of benzene rings is 1. The fourth-order valence-electron chi connectivity index (χ4n) is 1.53. The van der Waals surface area contributed by atoms with Crippen molar-refractivity contribution in [1.82, 2.24) is 5.43 Å². The molecule has 0 amide bonds. The lowest BCUT2D eigenvalue weighted by Gasteiger charge is -2.13. The molecule has 1 aromatic carbocycles. The first-order chi connectivity index (χ1) is 7.09. The highest BCUT2D eigenvalue weighted by Crippen LogP contribution is 2.20. The predicted molar refractivity (Wildman–Crippen MR) is 62.5 cm³/mol. The summed E-state index contributed by atoms with van der Waals surface area (Å²) in [5, 5.41) is 1.93. The molecule has 0 bridgehead atoms. The van der Waals surface area contributed by atoms with Gasteiger partial charge in [0.15, 0.2) is 6.72 Å². The Balaban J connectivity index is 2.29. The Morgan fingerprint density at radius 3 is 2.20 bits per heavy atom. The van der Waals surface area contributed by atoms with Crippen LogP contribution in [-0.4, -0.2) is 11.4 Å². The number of hydrazone groups is 1. The minimum atomic E-state index is 1.09. The van der Waals surface area contributed by atoms with E-state index >= 15 is 0 Å². The maximum atomic E-state index is 3.99. The van der Waals surface area contributed by atoms with Gasteiger partial charge in [0.2, 0.25) is 5.70 Å². The molecule has 3 heteroatoms. The largest absolute Gasteiger partial charge is 0.243 e. The molecule has 0 atom stereocenters. The van der Waals surface area contributed by atoms with Gasteiger partial charge in [0.25, 0.3) is 0 Å². The topological polar surface area (TPSA) is 18.3 Å². The number of hydrazine groups is 2. The van der Waals surface area contributed by atoms with Crippen LogP contribution in [0.1, 0.15) is 19.4 Å². The summed E-state index contributed by atoms with van der Waals surface area (Å²) in [7, 11) is 0. The summed E-state index contributed by atoms with van der Waals surface area (Å²) < 4.78 is 1.86. The molecule has 0 aromatic heterocycles. The van der Waals surface area contributed by atoms with Crippen molar-refractivity contribution in [3.63, 3.8) is 0 Å². The van der Waals surface area contributed by atoms with Crippen LogP contribution >= 0.6 is 0 Å². The third-order valence-corrected chi connectivity index (χ3v) is 2.72. The standard InChI is InChI=1S/C12H16N3/c1-9-5-7-12(8-6-9)15-13-10(2)11(3)14(15)4/h5-8,13H,4H2,1-3H3/q+1. The molecule has 0 unspecified atom stereocenters. The van der Waals surface area contributed by atoms with Crippen LogP contribution in [0.5, 0.6) is 0 Å². The molecule has 0 aliphatic carbocycles. The van der Waals surface area contributed by atoms with Crippen molar-refractivity contribution in [3.05, 3.63) is 41.2 Å². The van der Waals surface area contributed by atoms with Gasteiger partial charge in [0.1, 0.15) is 11.4 Å². The first kappa shape index (κ1) is 9.77. The molecule has 1 N–H and O–H groups in total. The second-order valence-electron chi connectivity index (χ2n) is 3.87. The van der Waals surface area contributed by atoms with E-state index in [1.54, 1.807) is 0 Å². The monoisotopic (exact) mass is 202 g/mol. The van der Waals surface area contributed by atoms with Gasteiger partial charge >= 0.3 is 0 Å². The number of rotatable bonds is 1. The van der Waals surface area contributed by atoms with E-state index in [9.17, 15) is 0 Å². The van der Waals surface area contributed by atoms with Crippen LogP contribution in [0.4, 0.5) is 5.69 Å². The van der Waals surface area contributed by atoms with Crippen molar-refractivity contribution in [2.45, 2.75) is 20.8 Å². The molecule has 0 fully saturated rings. The number of anilines is 1. The van der Waals surface area contributed by atoms with Crippen LogP contribution in [0.25, 0.3) is 0 Å². The summed E-state index contributed by atoms with van der Waals surface area (Å²) in [5.41, 5.74) is 7.88. The minimum absolute atomic E-state index is 1.09. The second-order valence-corrected chi connectivity index (χ2v) is 3.87. The molecule has 0 spiro atoms. The number of aryl methyl sites for hydroxylation is 1. The van der Waals surface area contributed by atoms with Gasteiger partial charge in [-0.3, -0.25) is 0 Å². The summed E-state index contributed by atoms with van der Waals surface area (Å²) >= 11 is 0. The lowest BCUT2D eigenvalue weighted by atomic mass is 10.2. The quantitative estimate of drug-likeness (QED) is 0.704. The van der Waals surface area contributed by atoms with Crippen LogP contribution in [0.15, 0.2) is 35.7 Å². The Labute approximate surface area is 90.3 Å². The van der Waals surface area contributed by atoms with Crippen LogP contribution in [0, 0.1) is 6.92 Å². The van der Waals surface area contributed by atoms with E-state index in [4.69, 9.17) is 0 Å². The average Bonchev–Trinajstić information content (AvgIpc) is 2.47. The number of allylic oxidation sites excluding steroid dienone is 2. The summed E-state index contributed by atoms with van der Waals surface area (Å²) in [5.74, 6) is 0. The maximum Gasteiger partial charge on any atom is 0.231 e. The third kappa shape index (κ3) is 1.61. The lowest BCUT2D eigenvalue weighted by molar-refractivity contribution is -0.478. The molecule has 0 radical (unpaired) electrons. The van der Waals surface area contributed by atoms with Gasteiger partial charge in [-0.2, -0.15) is 0 Å². The first-order valence-electron chi connectivity index (χ1n) is 5.01. The molecule has 1 aliphatic heterocycles. The molecular weight excluding hydrogens is 186 g/mol. The smallest absolute Gasteiger partial charge is 0.231 e. The highest BCUT2D eigenvalue weighted by Gasteiger charge is 2.28. The molecule has 1 heterocycles.